The molecule has 2 rings (SSSR count). The fraction of sp³-hybridized carbons (Fsp3) is 0.526. The van der Waals surface area contributed by atoms with Gasteiger partial charge in [0.2, 0.25) is 0 Å². The molecule has 136 valence electrons. The first-order valence-corrected chi connectivity index (χ1v) is 8.49. The van der Waals surface area contributed by atoms with Crippen LogP contribution in [0.1, 0.15) is 58.8 Å². The molecule has 2 aromatic rings. The summed E-state index contributed by atoms with van der Waals surface area (Å²) in [6.45, 7) is 11.6. The lowest BCUT2D eigenvalue weighted by atomic mass is 9.98. The van der Waals surface area contributed by atoms with Crippen molar-refractivity contribution in [3.63, 3.8) is 0 Å². The molecule has 0 aliphatic heterocycles. The normalized spacial score (nSPS) is 13.4. The van der Waals surface area contributed by atoms with Gasteiger partial charge in [0.15, 0.2) is 0 Å². The van der Waals surface area contributed by atoms with E-state index in [2.05, 4.69) is 26.8 Å². The van der Waals surface area contributed by atoms with Gasteiger partial charge in [0.25, 0.3) is 0 Å². The van der Waals surface area contributed by atoms with Gasteiger partial charge >= 0.3 is 6.09 Å². The van der Waals surface area contributed by atoms with Crippen molar-refractivity contribution in [2.24, 2.45) is 0 Å². The lowest BCUT2D eigenvalue weighted by molar-refractivity contribution is 0.0471. The molecule has 0 aliphatic rings. The number of amides is 1. The van der Waals surface area contributed by atoms with Gasteiger partial charge in [-0.15, -0.1) is 0 Å². The molecular weight excluding hydrogens is 316 g/mol. The highest BCUT2D eigenvalue weighted by atomic mass is 16.6. The molecular formula is C19H28N4O2. The molecule has 0 aliphatic carbocycles. The number of hydrogen-bond donors (Lipinski definition) is 1. The lowest BCUT2D eigenvalue weighted by Crippen LogP contribution is -2.47. The number of nitrogens with one attached hydrogen (secondary N) is 1. The van der Waals surface area contributed by atoms with E-state index in [0.717, 1.165) is 11.3 Å². The van der Waals surface area contributed by atoms with E-state index in [-0.39, 0.29) is 6.04 Å². The van der Waals surface area contributed by atoms with E-state index in [1.807, 2.05) is 65.5 Å². The number of carbonyl (C=O) groups excluding carboxylic acids is 1. The van der Waals surface area contributed by atoms with Gasteiger partial charge in [0.1, 0.15) is 5.60 Å². The van der Waals surface area contributed by atoms with Crippen molar-refractivity contribution < 1.29 is 9.53 Å². The van der Waals surface area contributed by atoms with Gasteiger partial charge < -0.3 is 14.6 Å². The van der Waals surface area contributed by atoms with Gasteiger partial charge in [0, 0.05) is 36.2 Å². The summed E-state index contributed by atoms with van der Waals surface area (Å²) in [5.74, 6) is 0. The summed E-state index contributed by atoms with van der Waals surface area (Å²) in [4.78, 5) is 20.6. The predicted molar refractivity (Wildman–Crippen MR) is 97.4 cm³/mol. The summed E-state index contributed by atoms with van der Waals surface area (Å²) in [6.07, 6.45) is 7.50. The number of alkyl carbamates (subject to hydrolysis) is 1. The van der Waals surface area contributed by atoms with Gasteiger partial charge in [-0.25, -0.2) is 9.78 Å². The highest BCUT2D eigenvalue weighted by Crippen LogP contribution is 2.22. The third kappa shape index (κ3) is 5.59. The second kappa shape index (κ2) is 7.25. The standard InChI is InChI=1S/C19H28N4O2/c1-14(15-8-7-9-20-11-15)23-13-21-12-16(23)10-19(5,6)22-17(24)25-18(2,3)4/h7-9,11-14H,10H2,1-6H3,(H,22,24). The summed E-state index contributed by atoms with van der Waals surface area (Å²) in [7, 11) is 0. The van der Waals surface area contributed by atoms with Crippen LogP contribution in [-0.2, 0) is 11.2 Å². The van der Waals surface area contributed by atoms with Crippen molar-refractivity contribution in [1.29, 1.82) is 0 Å². The Morgan fingerprint density at radius 2 is 1.96 bits per heavy atom. The third-order valence-electron chi connectivity index (χ3n) is 3.79. The molecule has 1 atom stereocenters. The Morgan fingerprint density at radius 1 is 1.24 bits per heavy atom. The minimum atomic E-state index is -0.517. The van der Waals surface area contributed by atoms with Crippen LogP contribution in [0.4, 0.5) is 4.79 Å². The number of carbonyl (C=O) groups is 1. The van der Waals surface area contributed by atoms with E-state index in [9.17, 15) is 4.79 Å². The maximum atomic E-state index is 12.1. The second-order valence-electron chi connectivity index (χ2n) is 7.94. The van der Waals surface area contributed by atoms with E-state index < -0.39 is 17.2 Å². The number of imidazole rings is 1. The van der Waals surface area contributed by atoms with Crippen molar-refractivity contribution in [1.82, 2.24) is 19.9 Å². The van der Waals surface area contributed by atoms with Crippen molar-refractivity contribution >= 4 is 6.09 Å². The van der Waals surface area contributed by atoms with Crippen molar-refractivity contribution in [2.75, 3.05) is 0 Å². The molecule has 1 N–H and O–H groups in total. The molecule has 0 saturated carbocycles. The fourth-order valence-electron chi connectivity index (χ4n) is 2.68. The Labute approximate surface area is 149 Å². The summed E-state index contributed by atoms with van der Waals surface area (Å²) >= 11 is 0. The minimum absolute atomic E-state index is 0.114. The molecule has 0 fully saturated rings. The summed E-state index contributed by atoms with van der Waals surface area (Å²) in [5.41, 5.74) is 1.17. The first-order chi connectivity index (χ1) is 11.6. The summed E-state index contributed by atoms with van der Waals surface area (Å²) < 4.78 is 7.47. The van der Waals surface area contributed by atoms with Gasteiger partial charge in [-0.3, -0.25) is 4.98 Å². The molecule has 0 aromatic carbocycles. The van der Waals surface area contributed by atoms with Crippen molar-refractivity contribution in [2.45, 2.75) is 65.1 Å². The number of pyridine rings is 1. The first kappa shape index (κ1) is 19.0. The van der Waals surface area contributed by atoms with Gasteiger partial charge in [0.05, 0.1) is 12.4 Å². The summed E-state index contributed by atoms with van der Waals surface area (Å²) in [5, 5.41) is 2.94. The maximum Gasteiger partial charge on any atom is 0.408 e. The molecule has 2 heterocycles. The number of rotatable bonds is 5. The number of aromatic nitrogens is 3. The van der Waals surface area contributed by atoms with Crippen LogP contribution in [-0.4, -0.2) is 31.8 Å². The Kier molecular flexibility index (Phi) is 5.50. The minimum Gasteiger partial charge on any atom is -0.444 e. The van der Waals surface area contributed by atoms with E-state index in [0.29, 0.717) is 6.42 Å². The zero-order valence-electron chi connectivity index (χ0n) is 15.9. The second-order valence-corrected chi connectivity index (χ2v) is 7.94. The quantitative estimate of drug-likeness (QED) is 0.897. The lowest BCUT2D eigenvalue weighted by Gasteiger charge is -2.29. The van der Waals surface area contributed by atoms with E-state index in [1.54, 1.807) is 6.20 Å². The third-order valence-corrected chi connectivity index (χ3v) is 3.79. The molecule has 6 heteroatoms. The molecule has 0 spiro atoms. The first-order valence-electron chi connectivity index (χ1n) is 8.49. The Balaban J connectivity index is 2.10. The molecule has 1 unspecified atom stereocenters. The summed E-state index contributed by atoms with van der Waals surface area (Å²) in [6, 6.07) is 4.09. The molecule has 0 saturated heterocycles. The van der Waals surface area contributed by atoms with Crippen molar-refractivity contribution in [3.05, 3.63) is 48.3 Å². The van der Waals surface area contributed by atoms with Crippen LogP contribution in [0.2, 0.25) is 0 Å². The van der Waals surface area contributed by atoms with Crippen LogP contribution in [0.3, 0.4) is 0 Å². The Bertz CT molecular complexity index is 702. The SMILES string of the molecule is CC(c1cccnc1)n1cncc1CC(C)(C)NC(=O)OC(C)(C)C. The van der Waals surface area contributed by atoms with Crippen LogP contribution in [0.15, 0.2) is 37.1 Å². The topological polar surface area (TPSA) is 69.0 Å². The molecule has 2 aromatic heterocycles. The average molecular weight is 344 g/mol. The molecule has 0 radical (unpaired) electrons. The number of nitrogens with zero attached hydrogens (tertiary/aromatic N) is 3. The fourth-order valence-corrected chi connectivity index (χ4v) is 2.68. The van der Waals surface area contributed by atoms with E-state index in [4.69, 9.17) is 4.74 Å². The molecule has 25 heavy (non-hydrogen) atoms. The molecule has 0 bridgehead atoms. The largest absolute Gasteiger partial charge is 0.444 e. The van der Waals surface area contributed by atoms with Crippen LogP contribution in [0.25, 0.3) is 0 Å². The predicted octanol–water partition coefficient (Wildman–Crippen LogP) is 3.73. The molecule has 6 nitrogen and oxygen atoms in total. The molecule has 1 amide bonds. The van der Waals surface area contributed by atoms with Gasteiger partial charge in [-0.2, -0.15) is 0 Å². The monoisotopic (exact) mass is 344 g/mol. The zero-order chi connectivity index (χ0) is 18.7. The van der Waals surface area contributed by atoms with Crippen LogP contribution < -0.4 is 5.32 Å². The van der Waals surface area contributed by atoms with Crippen LogP contribution >= 0.6 is 0 Å². The van der Waals surface area contributed by atoms with Gasteiger partial charge in [-0.1, -0.05) is 6.07 Å². The highest BCUT2D eigenvalue weighted by molar-refractivity contribution is 5.68. The highest BCUT2D eigenvalue weighted by Gasteiger charge is 2.26. The Hall–Kier alpha value is -2.37. The van der Waals surface area contributed by atoms with Crippen LogP contribution in [0.5, 0.6) is 0 Å². The van der Waals surface area contributed by atoms with E-state index >= 15 is 0 Å². The number of ether oxygens (including phenoxy) is 1. The average Bonchev–Trinajstić information content (AvgIpc) is 2.91. The van der Waals surface area contributed by atoms with Crippen molar-refractivity contribution in [3.8, 4) is 0 Å². The smallest absolute Gasteiger partial charge is 0.408 e. The number of hydrogen-bond acceptors (Lipinski definition) is 4. The van der Waals surface area contributed by atoms with Gasteiger partial charge in [-0.05, 0) is 53.2 Å². The zero-order valence-corrected chi connectivity index (χ0v) is 15.9. The van der Waals surface area contributed by atoms with Crippen LogP contribution in [0, 0.1) is 0 Å². The Morgan fingerprint density at radius 3 is 2.56 bits per heavy atom. The maximum absolute atomic E-state index is 12.1. The van der Waals surface area contributed by atoms with E-state index in [1.165, 1.54) is 0 Å².